The predicted octanol–water partition coefficient (Wildman–Crippen LogP) is 9.88. The third-order valence-corrected chi connectivity index (χ3v) is 9.94. The summed E-state index contributed by atoms with van der Waals surface area (Å²) >= 11 is 0. The van der Waals surface area contributed by atoms with E-state index in [0.717, 1.165) is 30.6 Å². The van der Waals surface area contributed by atoms with E-state index in [4.69, 9.17) is 18.3 Å². The van der Waals surface area contributed by atoms with Crippen molar-refractivity contribution >= 4 is 13.7 Å². The summed E-state index contributed by atoms with van der Waals surface area (Å²) in [6.45, 7) is 13.8. The molecule has 1 saturated carbocycles. The first kappa shape index (κ1) is 37.3. The lowest BCUT2D eigenvalue weighted by molar-refractivity contribution is -0.132. The molecule has 2 aromatic rings. The molecule has 0 aromatic heterocycles. The van der Waals surface area contributed by atoms with E-state index in [1.165, 1.54) is 43.2 Å². The fourth-order valence-corrected chi connectivity index (χ4v) is 7.34. The Labute approximate surface area is 273 Å². The molecular formula is C37H58NO6P. The van der Waals surface area contributed by atoms with Crippen LogP contribution in [0.4, 0.5) is 0 Å². The minimum atomic E-state index is -3.87. The standard InChI is InChI=1S/C37H58NO6P/c1-9-10-11-12-13-14-29-15-19-31(20-16-29)34-27-32(34)21-24-35(39)38(28-30-17-22-33(41-8)23-18-30)25-26-42-45(40,43-36(2,3)4)44-37(5,6)7/h15-20,22-23,32,34H,9-14,21,24-28H2,1-8H3/t32-,34+/m1/s1. The molecule has 0 N–H and O–H groups in total. The smallest absolute Gasteiger partial charge is 0.475 e. The normalized spacial score (nSPS) is 16.9. The molecule has 2 aromatic carbocycles. The number of carbonyl (C=O) groups excluding carboxylic acids is 1. The van der Waals surface area contributed by atoms with E-state index in [9.17, 15) is 9.36 Å². The van der Waals surface area contributed by atoms with Crippen LogP contribution in [0, 0.1) is 5.92 Å². The van der Waals surface area contributed by atoms with Gasteiger partial charge in [0, 0.05) is 19.5 Å². The molecule has 1 aliphatic carbocycles. The summed E-state index contributed by atoms with van der Waals surface area (Å²) in [7, 11) is -2.24. The fraction of sp³-hybridized carbons (Fsp3) is 0.649. The molecule has 0 radical (unpaired) electrons. The van der Waals surface area contributed by atoms with Crippen LogP contribution in [0.25, 0.3) is 0 Å². The van der Waals surface area contributed by atoms with Crippen molar-refractivity contribution in [1.29, 1.82) is 0 Å². The molecule has 0 heterocycles. The van der Waals surface area contributed by atoms with Crippen LogP contribution in [0.1, 0.15) is 122 Å². The van der Waals surface area contributed by atoms with Crippen molar-refractivity contribution in [2.45, 2.75) is 130 Å². The number of hydrogen-bond donors (Lipinski definition) is 0. The van der Waals surface area contributed by atoms with E-state index in [-0.39, 0.29) is 19.1 Å². The van der Waals surface area contributed by atoms with E-state index in [1.807, 2.05) is 65.8 Å². The molecule has 252 valence electrons. The first-order chi connectivity index (χ1) is 21.2. The van der Waals surface area contributed by atoms with Crippen molar-refractivity contribution in [3.63, 3.8) is 0 Å². The highest BCUT2D eigenvalue weighted by molar-refractivity contribution is 7.48. The van der Waals surface area contributed by atoms with Gasteiger partial charge in [-0.2, -0.15) is 0 Å². The van der Waals surface area contributed by atoms with Crippen LogP contribution in [0.3, 0.4) is 0 Å². The molecule has 0 unspecified atom stereocenters. The maximum atomic E-state index is 13.6. The minimum Gasteiger partial charge on any atom is -0.497 e. The van der Waals surface area contributed by atoms with Crippen LogP contribution in [-0.4, -0.2) is 42.3 Å². The minimum absolute atomic E-state index is 0.0301. The number of nitrogens with zero attached hydrogens (tertiary/aromatic N) is 1. The van der Waals surface area contributed by atoms with Crippen LogP contribution in [0.2, 0.25) is 0 Å². The highest BCUT2D eigenvalue weighted by Crippen LogP contribution is 2.55. The average Bonchev–Trinajstić information content (AvgIpc) is 3.73. The SMILES string of the molecule is CCCCCCCc1ccc([C@@H]2C[C@H]2CCC(=O)N(CCOP(=O)(OC(C)(C)C)OC(C)(C)C)Cc2ccc(OC)cc2)cc1. The molecule has 0 bridgehead atoms. The van der Waals surface area contributed by atoms with Gasteiger partial charge in [0.2, 0.25) is 5.91 Å². The van der Waals surface area contributed by atoms with Gasteiger partial charge in [0.05, 0.1) is 24.9 Å². The van der Waals surface area contributed by atoms with Gasteiger partial charge in [-0.05, 0) is 108 Å². The lowest BCUT2D eigenvalue weighted by Gasteiger charge is -2.31. The number of rotatable bonds is 19. The Morgan fingerprint density at radius 2 is 1.47 bits per heavy atom. The first-order valence-corrected chi connectivity index (χ1v) is 18.3. The number of phosphoric acid groups is 1. The molecule has 7 nitrogen and oxygen atoms in total. The van der Waals surface area contributed by atoms with E-state index < -0.39 is 19.0 Å². The maximum absolute atomic E-state index is 13.6. The topological polar surface area (TPSA) is 74.3 Å². The molecule has 0 aliphatic heterocycles. The number of amides is 1. The highest BCUT2D eigenvalue weighted by Gasteiger charge is 2.39. The summed E-state index contributed by atoms with van der Waals surface area (Å²) < 4.78 is 36.2. The van der Waals surface area contributed by atoms with Crippen molar-refractivity contribution in [2.75, 3.05) is 20.3 Å². The van der Waals surface area contributed by atoms with Crippen molar-refractivity contribution in [3.05, 3.63) is 65.2 Å². The molecule has 3 rings (SSSR count). The molecule has 8 heteroatoms. The number of carbonyl (C=O) groups is 1. The molecule has 1 amide bonds. The first-order valence-electron chi connectivity index (χ1n) is 16.9. The molecule has 1 aliphatic rings. The van der Waals surface area contributed by atoms with Crippen LogP contribution in [0.5, 0.6) is 5.75 Å². The van der Waals surface area contributed by atoms with Crippen LogP contribution >= 0.6 is 7.82 Å². The Bertz CT molecular complexity index is 1200. The van der Waals surface area contributed by atoms with Crippen molar-refractivity contribution in [2.24, 2.45) is 5.92 Å². The number of aryl methyl sites for hydroxylation is 1. The number of unbranched alkanes of at least 4 members (excludes halogenated alkanes) is 4. The van der Waals surface area contributed by atoms with Crippen LogP contribution in [-0.2, 0) is 35.9 Å². The highest BCUT2D eigenvalue weighted by atomic mass is 31.2. The fourth-order valence-electron chi connectivity index (χ4n) is 5.55. The van der Waals surface area contributed by atoms with Gasteiger partial charge in [0.25, 0.3) is 0 Å². The lowest BCUT2D eigenvalue weighted by atomic mass is 10.0. The van der Waals surface area contributed by atoms with Gasteiger partial charge in [-0.3, -0.25) is 18.4 Å². The van der Waals surface area contributed by atoms with Gasteiger partial charge in [-0.1, -0.05) is 69.0 Å². The van der Waals surface area contributed by atoms with Gasteiger partial charge < -0.3 is 9.64 Å². The second kappa shape index (κ2) is 17.1. The zero-order valence-electron chi connectivity index (χ0n) is 29.1. The summed E-state index contributed by atoms with van der Waals surface area (Å²) in [4.78, 5) is 15.4. The third-order valence-electron chi connectivity index (χ3n) is 7.90. The number of benzene rings is 2. The summed E-state index contributed by atoms with van der Waals surface area (Å²) in [5.74, 6) is 1.87. The quantitative estimate of drug-likeness (QED) is 0.112. The van der Waals surface area contributed by atoms with E-state index in [2.05, 4.69) is 31.2 Å². The van der Waals surface area contributed by atoms with Crippen LogP contribution in [0.15, 0.2) is 48.5 Å². The molecule has 1 fully saturated rings. The second-order valence-corrected chi connectivity index (χ2v) is 15.9. The maximum Gasteiger partial charge on any atom is 0.475 e. The summed E-state index contributed by atoms with van der Waals surface area (Å²) in [6, 6.07) is 16.9. The molecule has 2 atom stereocenters. The summed E-state index contributed by atoms with van der Waals surface area (Å²) in [6.07, 6.45) is 10.1. The van der Waals surface area contributed by atoms with E-state index in [0.29, 0.717) is 24.8 Å². The Kier molecular flexibility index (Phi) is 14.2. The zero-order valence-corrected chi connectivity index (χ0v) is 30.0. The van der Waals surface area contributed by atoms with Gasteiger partial charge in [-0.15, -0.1) is 0 Å². The molecule has 45 heavy (non-hydrogen) atoms. The van der Waals surface area contributed by atoms with Crippen molar-refractivity contribution in [1.82, 2.24) is 4.90 Å². The molecular weight excluding hydrogens is 585 g/mol. The van der Waals surface area contributed by atoms with Gasteiger partial charge >= 0.3 is 7.82 Å². The Morgan fingerprint density at radius 1 is 0.867 bits per heavy atom. The van der Waals surface area contributed by atoms with Crippen molar-refractivity contribution in [3.8, 4) is 5.75 Å². The summed E-state index contributed by atoms with van der Waals surface area (Å²) in [5, 5.41) is 0. The Balaban J connectivity index is 1.57. The third kappa shape index (κ3) is 14.0. The average molecular weight is 644 g/mol. The number of methoxy groups -OCH3 is 1. The number of phosphoric ester groups is 1. The number of hydrogen-bond acceptors (Lipinski definition) is 6. The van der Waals surface area contributed by atoms with Gasteiger partial charge in [-0.25, -0.2) is 4.57 Å². The van der Waals surface area contributed by atoms with Crippen molar-refractivity contribution < 1.29 is 27.7 Å². The lowest BCUT2D eigenvalue weighted by Crippen LogP contribution is -2.34. The predicted molar refractivity (Wildman–Crippen MR) is 183 cm³/mol. The van der Waals surface area contributed by atoms with E-state index >= 15 is 0 Å². The second-order valence-electron chi connectivity index (χ2n) is 14.4. The van der Waals surface area contributed by atoms with Crippen LogP contribution < -0.4 is 4.74 Å². The summed E-state index contributed by atoms with van der Waals surface area (Å²) in [5.41, 5.74) is 2.34. The number of ether oxygens (including phenoxy) is 1. The zero-order chi connectivity index (χ0) is 33.1. The van der Waals surface area contributed by atoms with Gasteiger partial charge in [0.15, 0.2) is 0 Å². The Morgan fingerprint density at radius 3 is 2.04 bits per heavy atom. The molecule has 0 saturated heterocycles. The van der Waals surface area contributed by atoms with Gasteiger partial charge in [0.1, 0.15) is 5.75 Å². The monoisotopic (exact) mass is 643 g/mol. The molecule has 0 spiro atoms. The Hall–Kier alpha value is -2.18. The van der Waals surface area contributed by atoms with E-state index in [1.54, 1.807) is 12.0 Å². The largest absolute Gasteiger partial charge is 0.497 e.